The van der Waals surface area contributed by atoms with Crippen molar-refractivity contribution < 1.29 is 14.7 Å². The summed E-state index contributed by atoms with van der Waals surface area (Å²) in [5.41, 5.74) is -0.814. The predicted molar refractivity (Wildman–Crippen MR) is 81.0 cm³/mol. The fourth-order valence-electron chi connectivity index (χ4n) is 3.66. The number of carboxylic acid groups (broad SMARTS) is 1. The van der Waals surface area contributed by atoms with Gasteiger partial charge < -0.3 is 15.3 Å². The van der Waals surface area contributed by atoms with Crippen LogP contribution in [0.4, 0.5) is 4.79 Å². The van der Waals surface area contributed by atoms with E-state index in [4.69, 9.17) is 0 Å². The van der Waals surface area contributed by atoms with E-state index in [9.17, 15) is 14.7 Å². The summed E-state index contributed by atoms with van der Waals surface area (Å²) in [7, 11) is 0. The monoisotopic (exact) mass is 296 g/mol. The number of hydrogen-bond acceptors (Lipinski definition) is 2. The Bertz CT molecular complexity index is 402. The zero-order chi connectivity index (χ0) is 15.6. The summed E-state index contributed by atoms with van der Waals surface area (Å²) in [5.74, 6) is 0.564. The Labute approximate surface area is 127 Å². The molecule has 1 heterocycles. The molecule has 0 radical (unpaired) electrons. The van der Waals surface area contributed by atoms with Crippen LogP contribution in [0, 0.1) is 17.3 Å². The van der Waals surface area contributed by atoms with Crippen LogP contribution >= 0.6 is 0 Å². The van der Waals surface area contributed by atoms with E-state index < -0.39 is 11.4 Å². The first kappa shape index (κ1) is 16.1. The van der Waals surface area contributed by atoms with Crippen molar-refractivity contribution in [2.75, 3.05) is 13.1 Å². The van der Waals surface area contributed by atoms with Gasteiger partial charge in [-0.15, -0.1) is 0 Å². The summed E-state index contributed by atoms with van der Waals surface area (Å²) in [6.07, 6.45) is 4.36. The Morgan fingerprint density at radius 2 is 1.86 bits per heavy atom. The van der Waals surface area contributed by atoms with Gasteiger partial charge in [0, 0.05) is 19.1 Å². The summed E-state index contributed by atoms with van der Waals surface area (Å²) in [5, 5.41) is 12.4. The minimum atomic E-state index is -0.814. The molecule has 2 rings (SSSR count). The quantitative estimate of drug-likeness (QED) is 0.841. The Morgan fingerprint density at radius 3 is 2.38 bits per heavy atom. The minimum Gasteiger partial charge on any atom is -0.481 e. The third-order valence-electron chi connectivity index (χ3n) is 5.51. The van der Waals surface area contributed by atoms with Crippen molar-refractivity contribution in [3.05, 3.63) is 0 Å². The molecule has 2 atom stereocenters. The topological polar surface area (TPSA) is 69.6 Å². The van der Waals surface area contributed by atoms with Crippen LogP contribution in [-0.2, 0) is 4.79 Å². The summed E-state index contributed by atoms with van der Waals surface area (Å²) in [4.78, 5) is 25.7. The van der Waals surface area contributed by atoms with E-state index in [0.717, 1.165) is 38.8 Å². The van der Waals surface area contributed by atoms with E-state index in [2.05, 4.69) is 19.2 Å². The molecule has 0 aromatic rings. The molecule has 2 amide bonds. The normalized spacial score (nSPS) is 30.7. The van der Waals surface area contributed by atoms with Gasteiger partial charge in [-0.25, -0.2) is 4.79 Å². The molecule has 2 aliphatic rings. The fraction of sp³-hybridized carbons (Fsp3) is 0.875. The van der Waals surface area contributed by atoms with Crippen LogP contribution in [0.2, 0.25) is 0 Å². The van der Waals surface area contributed by atoms with Crippen LogP contribution < -0.4 is 5.32 Å². The third kappa shape index (κ3) is 3.33. The van der Waals surface area contributed by atoms with Gasteiger partial charge in [0.25, 0.3) is 0 Å². The number of carbonyl (C=O) groups is 2. The summed E-state index contributed by atoms with van der Waals surface area (Å²) >= 11 is 0. The lowest BCUT2D eigenvalue weighted by Crippen LogP contribution is -2.53. The highest BCUT2D eigenvalue weighted by Gasteiger charge is 2.46. The van der Waals surface area contributed by atoms with Crippen molar-refractivity contribution in [3.8, 4) is 0 Å². The molecule has 0 spiro atoms. The molecule has 120 valence electrons. The molecular formula is C16H28N2O3. The van der Waals surface area contributed by atoms with Crippen molar-refractivity contribution >= 4 is 12.0 Å². The minimum absolute atomic E-state index is 0.0865. The highest BCUT2D eigenvalue weighted by molar-refractivity contribution is 5.79. The summed E-state index contributed by atoms with van der Waals surface area (Å²) in [6, 6.07) is -0.332. The van der Waals surface area contributed by atoms with Crippen LogP contribution in [0.5, 0.6) is 0 Å². The van der Waals surface area contributed by atoms with Crippen LogP contribution in [0.25, 0.3) is 0 Å². The van der Waals surface area contributed by atoms with E-state index in [0.29, 0.717) is 18.3 Å². The van der Waals surface area contributed by atoms with Gasteiger partial charge in [0.2, 0.25) is 0 Å². The molecular weight excluding hydrogens is 268 g/mol. The van der Waals surface area contributed by atoms with Gasteiger partial charge in [0.1, 0.15) is 0 Å². The fourth-order valence-corrected chi connectivity index (χ4v) is 3.66. The van der Waals surface area contributed by atoms with Crippen LogP contribution in [-0.4, -0.2) is 41.1 Å². The molecule has 0 aromatic carbocycles. The number of aliphatic carboxylic acids is 1. The number of likely N-dealkylation sites (tertiary alicyclic amines) is 1. The number of hydrogen-bond donors (Lipinski definition) is 2. The van der Waals surface area contributed by atoms with Crippen molar-refractivity contribution in [2.45, 2.75) is 58.9 Å². The highest BCUT2D eigenvalue weighted by atomic mass is 16.4. The average molecular weight is 296 g/mol. The maximum atomic E-state index is 12.4. The maximum Gasteiger partial charge on any atom is 0.317 e. The Hall–Kier alpha value is -1.26. The second-order valence-electron chi connectivity index (χ2n) is 7.19. The zero-order valence-corrected chi connectivity index (χ0v) is 13.4. The molecule has 2 unspecified atom stereocenters. The van der Waals surface area contributed by atoms with Crippen molar-refractivity contribution in [3.63, 3.8) is 0 Å². The molecule has 1 saturated carbocycles. The first-order valence-electron chi connectivity index (χ1n) is 8.13. The molecule has 0 aromatic heterocycles. The van der Waals surface area contributed by atoms with Gasteiger partial charge in [0.05, 0.1) is 5.41 Å². The number of urea groups is 1. The third-order valence-corrected chi connectivity index (χ3v) is 5.51. The van der Waals surface area contributed by atoms with Gasteiger partial charge in [-0.3, -0.25) is 4.79 Å². The smallest absolute Gasteiger partial charge is 0.317 e. The number of rotatable bonds is 3. The van der Waals surface area contributed by atoms with Crippen molar-refractivity contribution in [1.29, 1.82) is 0 Å². The molecule has 1 aliphatic carbocycles. The Kier molecular flexibility index (Phi) is 4.79. The molecule has 21 heavy (non-hydrogen) atoms. The molecule has 0 bridgehead atoms. The van der Waals surface area contributed by atoms with Crippen LogP contribution in [0.15, 0.2) is 0 Å². The lowest BCUT2D eigenvalue weighted by Gasteiger charge is -2.36. The number of carboxylic acids is 1. The Morgan fingerprint density at radius 1 is 1.24 bits per heavy atom. The number of nitrogens with one attached hydrogen (secondary N) is 1. The standard InChI is InChI=1S/C16H28N2O3/c1-11(2)12-6-9-18(10-7-12)15(21)17-13-5-4-8-16(13,3)14(19)20/h11-13H,4-10H2,1-3H3,(H,17,21)(H,19,20). The lowest BCUT2D eigenvalue weighted by molar-refractivity contribution is -0.148. The zero-order valence-electron chi connectivity index (χ0n) is 13.4. The van der Waals surface area contributed by atoms with Crippen LogP contribution in [0.1, 0.15) is 52.9 Å². The van der Waals surface area contributed by atoms with Crippen molar-refractivity contribution in [2.24, 2.45) is 17.3 Å². The number of amides is 2. The second kappa shape index (κ2) is 6.24. The van der Waals surface area contributed by atoms with E-state index in [1.165, 1.54) is 0 Å². The van der Waals surface area contributed by atoms with E-state index in [1.807, 2.05) is 4.90 Å². The van der Waals surface area contributed by atoms with Crippen molar-refractivity contribution in [1.82, 2.24) is 10.2 Å². The molecule has 1 saturated heterocycles. The first-order chi connectivity index (χ1) is 9.84. The van der Waals surface area contributed by atoms with E-state index >= 15 is 0 Å². The molecule has 1 aliphatic heterocycles. The SMILES string of the molecule is CC(C)C1CCN(C(=O)NC2CCCC2(C)C(=O)O)CC1. The maximum absolute atomic E-state index is 12.4. The lowest BCUT2D eigenvalue weighted by atomic mass is 9.85. The van der Waals surface area contributed by atoms with Gasteiger partial charge in [-0.1, -0.05) is 20.3 Å². The van der Waals surface area contributed by atoms with E-state index in [1.54, 1.807) is 6.92 Å². The van der Waals surface area contributed by atoms with Gasteiger partial charge in [0.15, 0.2) is 0 Å². The van der Waals surface area contributed by atoms with Gasteiger partial charge >= 0.3 is 12.0 Å². The number of piperidine rings is 1. The van der Waals surface area contributed by atoms with Gasteiger partial charge in [-0.05, 0) is 44.4 Å². The molecule has 5 nitrogen and oxygen atoms in total. The number of nitrogens with zero attached hydrogens (tertiary/aromatic N) is 1. The molecule has 2 N–H and O–H groups in total. The average Bonchev–Trinajstić information content (AvgIpc) is 2.81. The largest absolute Gasteiger partial charge is 0.481 e. The van der Waals surface area contributed by atoms with Gasteiger partial charge in [-0.2, -0.15) is 0 Å². The second-order valence-corrected chi connectivity index (χ2v) is 7.19. The van der Waals surface area contributed by atoms with E-state index in [-0.39, 0.29) is 12.1 Å². The molecule has 5 heteroatoms. The first-order valence-corrected chi connectivity index (χ1v) is 8.13. The highest BCUT2D eigenvalue weighted by Crippen LogP contribution is 2.38. The summed E-state index contributed by atoms with van der Waals surface area (Å²) < 4.78 is 0. The number of carbonyl (C=O) groups excluding carboxylic acids is 1. The summed E-state index contributed by atoms with van der Waals surface area (Å²) in [6.45, 7) is 7.78. The van der Waals surface area contributed by atoms with Crippen LogP contribution in [0.3, 0.4) is 0 Å². The predicted octanol–water partition coefficient (Wildman–Crippen LogP) is 2.71. The Balaban J connectivity index is 1.89. The molecule has 2 fully saturated rings.